The molecule has 0 saturated carbocycles. The highest BCUT2D eigenvalue weighted by Crippen LogP contribution is 2.06. The Labute approximate surface area is 116 Å². The Bertz CT molecular complexity index is 490. The fraction of sp³-hybridized carbons (Fsp3) is 0.308. The predicted octanol–water partition coefficient (Wildman–Crippen LogP) is 0.214. The van der Waals surface area contributed by atoms with E-state index in [4.69, 9.17) is 22.0 Å². The molecule has 0 heterocycles. The van der Waals surface area contributed by atoms with E-state index >= 15 is 0 Å². The van der Waals surface area contributed by atoms with Crippen LogP contribution in [0.25, 0.3) is 0 Å². The molecule has 0 spiro atoms. The minimum atomic E-state index is -1.09. The fourth-order valence-electron chi connectivity index (χ4n) is 1.66. The number of benzene rings is 1. The monoisotopic (exact) mass is 278 g/mol. The summed E-state index contributed by atoms with van der Waals surface area (Å²) >= 11 is 0. The smallest absolute Gasteiger partial charge is 0.320 e. The minimum absolute atomic E-state index is 0.157. The van der Waals surface area contributed by atoms with Crippen molar-refractivity contribution in [3.63, 3.8) is 0 Å². The van der Waals surface area contributed by atoms with Crippen molar-refractivity contribution in [2.75, 3.05) is 6.54 Å². The van der Waals surface area contributed by atoms with Crippen LogP contribution in [0.15, 0.2) is 30.3 Å². The van der Waals surface area contributed by atoms with Gasteiger partial charge >= 0.3 is 5.97 Å². The summed E-state index contributed by atoms with van der Waals surface area (Å²) in [7, 11) is 0. The summed E-state index contributed by atoms with van der Waals surface area (Å²) < 4.78 is 0. The maximum absolute atomic E-state index is 12.2. The molecule has 7 heteroatoms. The van der Waals surface area contributed by atoms with E-state index in [1.54, 1.807) is 30.3 Å². The molecule has 7 nitrogen and oxygen atoms in total. The van der Waals surface area contributed by atoms with Gasteiger partial charge in [-0.1, -0.05) is 18.2 Å². The van der Waals surface area contributed by atoms with Gasteiger partial charge in [0.05, 0.1) is 0 Å². The molecule has 1 amide bonds. The van der Waals surface area contributed by atoms with Gasteiger partial charge in [-0.05, 0) is 25.0 Å². The lowest BCUT2D eigenvalue weighted by atomic mass is 10.1. The number of nitrogens with zero attached hydrogens (tertiary/aromatic N) is 1. The molecule has 0 bridgehead atoms. The van der Waals surface area contributed by atoms with Crippen LogP contribution in [-0.2, 0) is 4.79 Å². The van der Waals surface area contributed by atoms with Gasteiger partial charge < -0.3 is 16.6 Å². The van der Waals surface area contributed by atoms with Crippen molar-refractivity contribution in [2.24, 2.45) is 11.5 Å². The third-order valence-corrected chi connectivity index (χ3v) is 2.77. The van der Waals surface area contributed by atoms with Crippen LogP contribution in [0.5, 0.6) is 0 Å². The molecule has 0 unspecified atom stereocenters. The molecule has 0 aliphatic rings. The Kier molecular flexibility index (Phi) is 5.67. The zero-order chi connectivity index (χ0) is 15.1. The van der Waals surface area contributed by atoms with Crippen LogP contribution in [-0.4, -0.2) is 40.4 Å². The molecule has 0 fully saturated rings. The summed E-state index contributed by atoms with van der Waals surface area (Å²) in [4.78, 5) is 23.8. The van der Waals surface area contributed by atoms with Crippen LogP contribution in [0, 0.1) is 5.41 Å². The summed E-state index contributed by atoms with van der Waals surface area (Å²) in [6, 6.07) is 7.48. The van der Waals surface area contributed by atoms with Crippen LogP contribution < -0.4 is 11.5 Å². The van der Waals surface area contributed by atoms with E-state index in [-0.39, 0.29) is 24.8 Å². The van der Waals surface area contributed by atoms with Crippen LogP contribution >= 0.6 is 0 Å². The number of guanidine groups is 1. The van der Waals surface area contributed by atoms with E-state index < -0.39 is 12.0 Å². The second kappa shape index (κ2) is 7.25. The third-order valence-electron chi connectivity index (χ3n) is 2.77. The van der Waals surface area contributed by atoms with Gasteiger partial charge in [-0.25, -0.2) is 0 Å². The zero-order valence-electron chi connectivity index (χ0n) is 11.0. The summed E-state index contributed by atoms with van der Waals surface area (Å²) in [5.74, 6) is -1.85. The number of rotatable bonds is 6. The van der Waals surface area contributed by atoms with E-state index in [0.717, 1.165) is 4.90 Å². The van der Waals surface area contributed by atoms with E-state index in [2.05, 4.69) is 0 Å². The quantitative estimate of drug-likeness (QED) is 0.436. The van der Waals surface area contributed by atoms with E-state index in [0.29, 0.717) is 12.0 Å². The lowest BCUT2D eigenvalue weighted by molar-refractivity contribution is -0.138. The first-order valence-corrected chi connectivity index (χ1v) is 6.12. The first kappa shape index (κ1) is 15.6. The highest BCUT2D eigenvalue weighted by atomic mass is 16.4. The Morgan fingerprint density at radius 1 is 1.30 bits per heavy atom. The average molecular weight is 278 g/mol. The standard InChI is InChI=1S/C13H18N4O3/c14-10(12(19)20)7-4-8-17(13(15)16)11(18)9-5-2-1-3-6-9/h1-3,5-6,10H,4,7-8,14H2,(H3,15,16)(H,19,20)/t10-/m0/s1. The van der Waals surface area contributed by atoms with Crippen molar-refractivity contribution in [1.82, 2.24) is 4.90 Å². The largest absolute Gasteiger partial charge is 0.480 e. The first-order chi connectivity index (χ1) is 9.43. The average Bonchev–Trinajstić information content (AvgIpc) is 2.43. The number of carboxylic acids is 1. The van der Waals surface area contributed by atoms with Gasteiger partial charge in [-0.15, -0.1) is 0 Å². The second-order valence-electron chi connectivity index (χ2n) is 4.30. The number of nitrogens with one attached hydrogen (secondary N) is 1. The van der Waals surface area contributed by atoms with Crippen molar-refractivity contribution >= 4 is 17.8 Å². The van der Waals surface area contributed by atoms with Gasteiger partial charge in [0.1, 0.15) is 6.04 Å². The van der Waals surface area contributed by atoms with Crippen LogP contribution in [0.1, 0.15) is 23.2 Å². The molecule has 0 saturated heterocycles. The van der Waals surface area contributed by atoms with Crippen LogP contribution in [0.3, 0.4) is 0 Å². The number of aliphatic carboxylic acids is 1. The van der Waals surface area contributed by atoms with E-state index in [1.165, 1.54) is 0 Å². The van der Waals surface area contributed by atoms with Crippen molar-refractivity contribution in [3.05, 3.63) is 35.9 Å². The molecule has 0 aromatic heterocycles. The Morgan fingerprint density at radius 2 is 1.90 bits per heavy atom. The molecule has 1 atom stereocenters. The molecule has 1 aromatic rings. The Hall–Kier alpha value is -2.41. The normalized spacial score (nSPS) is 11.7. The molecule has 1 aromatic carbocycles. The number of hydrogen-bond acceptors (Lipinski definition) is 4. The molecule has 108 valence electrons. The molecule has 0 radical (unpaired) electrons. The van der Waals surface area contributed by atoms with Gasteiger partial charge in [-0.3, -0.25) is 19.9 Å². The SMILES string of the molecule is N=C(N)N(CCC[C@H](N)C(=O)O)C(=O)c1ccccc1. The van der Waals surface area contributed by atoms with Gasteiger partial charge in [0.15, 0.2) is 5.96 Å². The van der Waals surface area contributed by atoms with Gasteiger partial charge in [0, 0.05) is 12.1 Å². The topological polar surface area (TPSA) is 134 Å². The maximum Gasteiger partial charge on any atom is 0.320 e. The summed E-state index contributed by atoms with van der Waals surface area (Å²) in [6.07, 6.45) is 0.562. The first-order valence-electron chi connectivity index (χ1n) is 6.12. The number of hydrogen-bond donors (Lipinski definition) is 4. The molecular weight excluding hydrogens is 260 g/mol. The molecule has 6 N–H and O–H groups in total. The Balaban J connectivity index is 2.64. The minimum Gasteiger partial charge on any atom is -0.480 e. The summed E-state index contributed by atoms with van der Waals surface area (Å²) in [5.41, 5.74) is 11.2. The van der Waals surface area contributed by atoms with Crippen LogP contribution in [0.2, 0.25) is 0 Å². The van der Waals surface area contributed by atoms with Crippen molar-refractivity contribution in [2.45, 2.75) is 18.9 Å². The summed E-state index contributed by atoms with van der Waals surface area (Å²) in [6.45, 7) is 0.157. The third kappa shape index (κ3) is 4.36. The van der Waals surface area contributed by atoms with Crippen molar-refractivity contribution < 1.29 is 14.7 Å². The highest BCUT2D eigenvalue weighted by molar-refractivity contribution is 6.04. The number of amides is 1. The van der Waals surface area contributed by atoms with Gasteiger partial charge in [0.25, 0.3) is 5.91 Å². The predicted molar refractivity (Wildman–Crippen MR) is 74.2 cm³/mol. The number of nitrogens with two attached hydrogens (primary N) is 2. The molecule has 20 heavy (non-hydrogen) atoms. The summed E-state index contributed by atoms with van der Waals surface area (Å²) in [5, 5.41) is 16.1. The number of carbonyl (C=O) groups is 2. The molecule has 1 rings (SSSR count). The lowest BCUT2D eigenvalue weighted by Gasteiger charge is -2.21. The number of carbonyl (C=O) groups excluding carboxylic acids is 1. The molecule has 0 aliphatic heterocycles. The van der Waals surface area contributed by atoms with Gasteiger partial charge in [0.2, 0.25) is 0 Å². The van der Waals surface area contributed by atoms with Gasteiger partial charge in [-0.2, -0.15) is 0 Å². The fourth-order valence-corrected chi connectivity index (χ4v) is 1.66. The Morgan fingerprint density at radius 3 is 2.40 bits per heavy atom. The maximum atomic E-state index is 12.2. The zero-order valence-corrected chi connectivity index (χ0v) is 11.0. The number of carboxylic acid groups (broad SMARTS) is 1. The molecular formula is C13H18N4O3. The van der Waals surface area contributed by atoms with Crippen molar-refractivity contribution in [1.29, 1.82) is 5.41 Å². The van der Waals surface area contributed by atoms with E-state index in [1.807, 2.05) is 0 Å². The lowest BCUT2D eigenvalue weighted by Crippen LogP contribution is -2.42. The molecule has 0 aliphatic carbocycles. The van der Waals surface area contributed by atoms with Crippen LogP contribution in [0.4, 0.5) is 0 Å². The highest BCUT2D eigenvalue weighted by Gasteiger charge is 2.19. The second-order valence-corrected chi connectivity index (χ2v) is 4.30. The van der Waals surface area contributed by atoms with Crippen molar-refractivity contribution in [3.8, 4) is 0 Å². The van der Waals surface area contributed by atoms with E-state index in [9.17, 15) is 9.59 Å².